The maximum Gasteiger partial charge on any atom is 0.416 e. The first kappa shape index (κ1) is 22.4. The van der Waals surface area contributed by atoms with Gasteiger partial charge in [0.25, 0.3) is 0 Å². The number of benzene rings is 2. The predicted molar refractivity (Wildman–Crippen MR) is 104 cm³/mol. The molecular formula is C17H17Cl3F3N3. The predicted octanol–water partition coefficient (Wildman–Crippen LogP) is 6.27. The SMILES string of the molecule is CN(C)C=Nc1c(Cl)cc(NCc2cccc(C(F)(F)F)c2)cc1Cl.Cl. The van der Waals surface area contributed by atoms with E-state index < -0.39 is 11.7 Å². The van der Waals surface area contributed by atoms with Crippen LogP contribution < -0.4 is 5.32 Å². The van der Waals surface area contributed by atoms with Crippen LogP contribution in [0.1, 0.15) is 11.1 Å². The van der Waals surface area contributed by atoms with Crippen molar-refractivity contribution in [3.05, 3.63) is 57.6 Å². The molecule has 9 heteroatoms. The van der Waals surface area contributed by atoms with E-state index in [4.69, 9.17) is 23.2 Å². The van der Waals surface area contributed by atoms with Crippen LogP contribution in [0.3, 0.4) is 0 Å². The molecule has 2 aromatic carbocycles. The average Bonchev–Trinajstić information content (AvgIpc) is 2.51. The van der Waals surface area contributed by atoms with Gasteiger partial charge in [-0.05, 0) is 29.8 Å². The van der Waals surface area contributed by atoms with Gasteiger partial charge in [0.2, 0.25) is 0 Å². The molecule has 0 heterocycles. The van der Waals surface area contributed by atoms with E-state index in [-0.39, 0.29) is 19.0 Å². The molecule has 0 fully saturated rings. The van der Waals surface area contributed by atoms with Gasteiger partial charge in [0.15, 0.2) is 0 Å². The summed E-state index contributed by atoms with van der Waals surface area (Å²) in [7, 11) is 3.63. The first-order valence-electron chi connectivity index (χ1n) is 7.26. The van der Waals surface area contributed by atoms with E-state index in [1.54, 1.807) is 29.4 Å². The first-order chi connectivity index (χ1) is 11.7. The molecule has 142 valence electrons. The lowest BCUT2D eigenvalue weighted by Crippen LogP contribution is -2.07. The standard InChI is InChI=1S/C17H16Cl2F3N3.ClH/c1-25(2)10-24-16-14(18)7-13(8-15(16)19)23-9-11-4-3-5-12(6-11)17(20,21)22;/h3-8,10,23H,9H2,1-2H3;1H. The van der Waals surface area contributed by atoms with Crippen LogP contribution in [0.2, 0.25) is 10.0 Å². The van der Waals surface area contributed by atoms with Crippen molar-refractivity contribution in [2.24, 2.45) is 4.99 Å². The Bertz CT molecular complexity index is 754. The van der Waals surface area contributed by atoms with Gasteiger partial charge in [0.1, 0.15) is 5.69 Å². The molecule has 0 atom stereocenters. The topological polar surface area (TPSA) is 27.6 Å². The minimum absolute atomic E-state index is 0. The number of rotatable bonds is 5. The van der Waals surface area contributed by atoms with Crippen LogP contribution in [-0.2, 0) is 12.7 Å². The Hall–Kier alpha value is -1.63. The number of hydrogen-bond donors (Lipinski definition) is 1. The number of aliphatic imine (C=N–C) groups is 1. The number of alkyl halides is 3. The number of halogens is 6. The highest BCUT2D eigenvalue weighted by Gasteiger charge is 2.30. The normalized spacial score (nSPS) is 11.3. The highest BCUT2D eigenvalue weighted by atomic mass is 35.5. The quantitative estimate of drug-likeness (QED) is 0.451. The van der Waals surface area contributed by atoms with Crippen LogP contribution in [0.5, 0.6) is 0 Å². The van der Waals surface area contributed by atoms with Crippen LogP contribution in [0.25, 0.3) is 0 Å². The van der Waals surface area contributed by atoms with Crippen molar-refractivity contribution >= 4 is 53.3 Å². The van der Waals surface area contributed by atoms with Gasteiger partial charge >= 0.3 is 6.18 Å². The Balaban J connectivity index is 0.00000338. The van der Waals surface area contributed by atoms with Gasteiger partial charge in [-0.2, -0.15) is 13.2 Å². The Morgan fingerprint density at radius 2 is 1.73 bits per heavy atom. The fourth-order valence-electron chi connectivity index (χ4n) is 2.03. The fourth-order valence-corrected chi connectivity index (χ4v) is 2.61. The number of anilines is 1. The van der Waals surface area contributed by atoms with Gasteiger partial charge in [0, 0.05) is 26.3 Å². The van der Waals surface area contributed by atoms with Crippen LogP contribution in [0, 0.1) is 0 Å². The molecule has 0 bridgehead atoms. The van der Waals surface area contributed by atoms with E-state index in [1.165, 1.54) is 6.07 Å². The van der Waals surface area contributed by atoms with E-state index in [0.717, 1.165) is 12.1 Å². The van der Waals surface area contributed by atoms with Crippen LogP contribution in [0.15, 0.2) is 41.4 Å². The smallest absolute Gasteiger partial charge is 0.381 e. The van der Waals surface area contributed by atoms with Crippen molar-refractivity contribution in [3.63, 3.8) is 0 Å². The molecule has 0 aromatic heterocycles. The number of hydrogen-bond acceptors (Lipinski definition) is 2. The summed E-state index contributed by atoms with van der Waals surface area (Å²) >= 11 is 12.4. The third kappa shape index (κ3) is 6.27. The third-order valence-electron chi connectivity index (χ3n) is 3.19. The average molecular weight is 427 g/mol. The van der Waals surface area contributed by atoms with E-state index in [2.05, 4.69) is 10.3 Å². The second-order valence-electron chi connectivity index (χ2n) is 5.55. The molecule has 0 aliphatic heterocycles. The molecule has 0 saturated heterocycles. The van der Waals surface area contributed by atoms with Crippen LogP contribution in [0.4, 0.5) is 24.5 Å². The van der Waals surface area contributed by atoms with E-state index in [1.807, 2.05) is 14.1 Å². The first-order valence-corrected chi connectivity index (χ1v) is 8.02. The summed E-state index contributed by atoms with van der Waals surface area (Å²) in [6.07, 6.45) is -2.79. The van der Waals surface area contributed by atoms with E-state index in [0.29, 0.717) is 27.0 Å². The monoisotopic (exact) mass is 425 g/mol. The van der Waals surface area contributed by atoms with Crippen molar-refractivity contribution in [3.8, 4) is 0 Å². The van der Waals surface area contributed by atoms with Crippen LogP contribution >= 0.6 is 35.6 Å². The minimum atomic E-state index is -4.37. The van der Waals surface area contributed by atoms with Crippen molar-refractivity contribution in [1.82, 2.24) is 4.90 Å². The third-order valence-corrected chi connectivity index (χ3v) is 3.76. The summed E-state index contributed by atoms with van der Waals surface area (Å²) in [4.78, 5) is 5.93. The molecule has 0 saturated carbocycles. The highest BCUT2D eigenvalue weighted by Crippen LogP contribution is 2.36. The van der Waals surface area contributed by atoms with Crippen molar-refractivity contribution < 1.29 is 13.2 Å². The molecule has 0 amide bonds. The van der Waals surface area contributed by atoms with Gasteiger partial charge in [-0.15, -0.1) is 12.4 Å². The molecule has 0 spiro atoms. The Labute approximate surface area is 166 Å². The van der Waals surface area contributed by atoms with Gasteiger partial charge in [-0.3, -0.25) is 0 Å². The summed E-state index contributed by atoms with van der Waals surface area (Å²) in [5, 5.41) is 3.70. The molecule has 2 rings (SSSR count). The maximum absolute atomic E-state index is 12.7. The molecule has 0 unspecified atom stereocenters. The Morgan fingerprint density at radius 3 is 2.27 bits per heavy atom. The molecule has 2 aromatic rings. The second-order valence-corrected chi connectivity index (χ2v) is 6.36. The van der Waals surface area contributed by atoms with E-state index >= 15 is 0 Å². The maximum atomic E-state index is 12.7. The lowest BCUT2D eigenvalue weighted by atomic mass is 10.1. The Kier molecular flexibility index (Phi) is 8.06. The molecule has 26 heavy (non-hydrogen) atoms. The molecule has 0 aliphatic carbocycles. The van der Waals surface area contributed by atoms with Crippen LogP contribution in [-0.4, -0.2) is 25.3 Å². The number of nitrogens with zero attached hydrogens (tertiary/aromatic N) is 2. The van der Waals surface area contributed by atoms with Crippen molar-refractivity contribution in [1.29, 1.82) is 0 Å². The zero-order valence-electron chi connectivity index (χ0n) is 13.9. The summed E-state index contributed by atoms with van der Waals surface area (Å²) in [6.45, 7) is 0.205. The Morgan fingerprint density at radius 1 is 1.12 bits per heavy atom. The summed E-state index contributed by atoms with van der Waals surface area (Å²) in [5.74, 6) is 0. The minimum Gasteiger partial charge on any atom is -0.381 e. The highest BCUT2D eigenvalue weighted by molar-refractivity contribution is 6.39. The fraction of sp³-hybridized carbons (Fsp3) is 0.235. The zero-order valence-corrected chi connectivity index (χ0v) is 16.3. The second kappa shape index (κ2) is 9.35. The van der Waals surface area contributed by atoms with Gasteiger partial charge in [-0.1, -0.05) is 35.3 Å². The van der Waals surface area contributed by atoms with Gasteiger partial charge in [-0.25, -0.2) is 4.99 Å². The van der Waals surface area contributed by atoms with Crippen molar-refractivity contribution in [2.45, 2.75) is 12.7 Å². The molecule has 0 aliphatic rings. The molecule has 0 radical (unpaired) electrons. The zero-order chi connectivity index (χ0) is 18.6. The largest absolute Gasteiger partial charge is 0.416 e. The summed E-state index contributed by atoms with van der Waals surface area (Å²) < 4.78 is 38.2. The molecular weight excluding hydrogens is 410 g/mol. The van der Waals surface area contributed by atoms with Crippen molar-refractivity contribution in [2.75, 3.05) is 19.4 Å². The van der Waals surface area contributed by atoms with Gasteiger partial charge in [0.05, 0.1) is 21.9 Å². The summed E-state index contributed by atoms with van der Waals surface area (Å²) in [6, 6.07) is 8.38. The number of nitrogens with one attached hydrogen (secondary N) is 1. The molecule has 1 N–H and O–H groups in total. The molecule has 3 nitrogen and oxygen atoms in total. The summed E-state index contributed by atoms with van der Waals surface area (Å²) in [5.41, 5.74) is 0.839. The lowest BCUT2D eigenvalue weighted by Gasteiger charge is -2.12. The lowest BCUT2D eigenvalue weighted by molar-refractivity contribution is -0.137. The van der Waals surface area contributed by atoms with E-state index in [9.17, 15) is 13.2 Å². The van der Waals surface area contributed by atoms with Gasteiger partial charge < -0.3 is 10.2 Å².